The maximum absolute atomic E-state index is 13.5. The number of para-hydroxylation sites is 1. The summed E-state index contributed by atoms with van der Waals surface area (Å²) in [6.07, 6.45) is 1.55. The average molecular weight is 429 g/mol. The first-order valence-electron chi connectivity index (χ1n) is 9.41. The van der Waals surface area contributed by atoms with Gasteiger partial charge >= 0.3 is 5.69 Å². The third-order valence-electron chi connectivity index (χ3n) is 5.65. The van der Waals surface area contributed by atoms with Gasteiger partial charge in [-0.3, -0.25) is 9.13 Å². The summed E-state index contributed by atoms with van der Waals surface area (Å²) in [5, 5.41) is 0.834. The van der Waals surface area contributed by atoms with Crippen LogP contribution in [-0.4, -0.2) is 33.4 Å². The van der Waals surface area contributed by atoms with Gasteiger partial charge in [-0.05, 0) is 43.2 Å². The van der Waals surface area contributed by atoms with Crippen LogP contribution in [0.1, 0.15) is 23.9 Å². The lowest BCUT2D eigenvalue weighted by Crippen LogP contribution is -2.30. The van der Waals surface area contributed by atoms with Crippen LogP contribution in [0.5, 0.6) is 0 Å². The molecule has 1 fully saturated rings. The van der Waals surface area contributed by atoms with E-state index in [1.165, 1.54) is 9.13 Å². The van der Waals surface area contributed by atoms with Gasteiger partial charge in [-0.25, -0.2) is 18.2 Å². The van der Waals surface area contributed by atoms with Gasteiger partial charge in [-0.1, -0.05) is 12.1 Å². The molecule has 0 spiro atoms. The summed E-state index contributed by atoms with van der Waals surface area (Å²) in [5.41, 5.74) is 2.04. The molecule has 2 aromatic heterocycles. The Kier molecular flexibility index (Phi) is 4.16. The summed E-state index contributed by atoms with van der Waals surface area (Å²) in [7, 11) is -0.373. The van der Waals surface area contributed by atoms with Crippen LogP contribution in [0.25, 0.3) is 21.3 Å². The second kappa shape index (κ2) is 6.51. The highest BCUT2D eigenvalue weighted by molar-refractivity contribution is 7.89. The van der Waals surface area contributed by atoms with E-state index in [0.717, 1.165) is 28.1 Å². The first kappa shape index (κ1) is 18.5. The molecular weight excluding hydrogens is 408 g/mol. The SMILES string of the molecule is Cn1c(=O)n(C)c2cc(S(=O)(=O)N3CCCC3c3nc4ccccc4s3)ccc21. The number of imidazole rings is 1. The molecule has 29 heavy (non-hydrogen) atoms. The maximum atomic E-state index is 13.5. The molecule has 0 N–H and O–H groups in total. The van der Waals surface area contributed by atoms with Crippen molar-refractivity contribution in [3.63, 3.8) is 0 Å². The molecule has 1 unspecified atom stereocenters. The van der Waals surface area contributed by atoms with Crippen LogP contribution in [0.15, 0.2) is 52.2 Å². The zero-order valence-electron chi connectivity index (χ0n) is 16.1. The number of fused-ring (bicyclic) bond motifs is 2. The van der Waals surface area contributed by atoms with Crippen molar-refractivity contribution in [1.29, 1.82) is 0 Å². The molecule has 1 atom stereocenters. The zero-order valence-corrected chi connectivity index (χ0v) is 17.7. The summed E-state index contributed by atoms with van der Waals surface area (Å²) in [6, 6.07) is 12.5. The number of benzene rings is 2. The summed E-state index contributed by atoms with van der Waals surface area (Å²) in [4.78, 5) is 17.1. The molecule has 7 nitrogen and oxygen atoms in total. The summed E-state index contributed by atoms with van der Waals surface area (Å²) >= 11 is 1.55. The predicted octanol–water partition coefficient (Wildman–Crippen LogP) is 3.01. The number of nitrogens with zero attached hydrogens (tertiary/aromatic N) is 4. The number of rotatable bonds is 3. The molecule has 1 aliphatic rings. The van der Waals surface area contributed by atoms with Crippen molar-refractivity contribution in [2.24, 2.45) is 14.1 Å². The number of thiazole rings is 1. The minimum absolute atomic E-state index is 0.178. The first-order valence-corrected chi connectivity index (χ1v) is 11.7. The minimum atomic E-state index is -3.71. The molecule has 4 aromatic rings. The van der Waals surface area contributed by atoms with Gasteiger partial charge in [0.1, 0.15) is 5.01 Å². The zero-order chi connectivity index (χ0) is 20.3. The summed E-state index contributed by atoms with van der Waals surface area (Å²) in [5.74, 6) is 0. The lowest BCUT2D eigenvalue weighted by Gasteiger charge is -2.22. The molecule has 0 bridgehead atoms. The van der Waals surface area contributed by atoms with E-state index in [1.807, 2.05) is 24.3 Å². The Labute approximate surface area is 171 Å². The lowest BCUT2D eigenvalue weighted by atomic mass is 10.2. The number of aryl methyl sites for hydroxylation is 2. The Morgan fingerprint density at radius 2 is 1.83 bits per heavy atom. The highest BCUT2D eigenvalue weighted by atomic mass is 32.2. The van der Waals surface area contributed by atoms with E-state index in [-0.39, 0.29) is 16.6 Å². The van der Waals surface area contributed by atoms with Gasteiger partial charge in [0.2, 0.25) is 10.0 Å². The highest BCUT2D eigenvalue weighted by Gasteiger charge is 2.38. The molecule has 0 saturated carbocycles. The molecule has 1 saturated heterocycles. The fraction of sp³-hybridized carbons (Fsp3) is 0.300. The normalized spacial score (nSPS) is 18.2. The van der Waals surface area contributed by atoms with Gasteiger partial charge < -0.3 is 0 Å². The summed E-state index contributed by atoms with van der Waals surface area (Å²) < 4.78 is 32.6. The van der Waals surface area contributed by atoms with Gasteiger partial charge in [0, 0.05) is 20.6 Å². The molecule has 2 aromatic carbocycles. The Morgan fingerprint density at radius 1 is 1.07 bits per heavy atom. The molecule has 3 heterocycles. The van der Waals surface area contributed by atoms with Gasteiger partial charge in [-0.2, -0.15) is 4.31 Å². The minimum Gasteiger partial charge on any atom is -0.295 e. The van der Waals surface area contributed by atoms with Crippen LogP contribution in [-0.2, 0) is 24.1 Å². The molecule has 150 valence electrons. The van der Waals surface area contributed by atoms with Crippen LogP contribution >= 0.6 is 11.3 Å². The highest BCUT2D eigenvalue weighted by Crippen LogP contribution is 2.39. The van der Waals surface area contributed by atoms with Crippen LogP contribution < -0.4 is 5.69 Å². The third-order valence-corrected chi connectivity index (χ3v) is 8.69. The second-order valence-electron chi connectivity index (χ2n) is 7.34. The van der Waals surface area contributed by atoms with Gasteiger partial charge in [0.25, 0.3) is 0 Å². The van der Waals surface area contributed by atoms with E-state index in [0.29, 0.717) is 17.6 Å². The largest absolute Gasteiger partial charge is 0.328 e. The van der Waals surface area contributed by atoms with E-state index in [2.05, 4.69) is 0 Å². The quantitative estimate of drug-likeness (QED) is 0.503. The predicted molar refractivity (Wildman–Crippen MR) is 114 cm³/mol. The molecule has 5 rings (SSSR count). The molecule has 0 radical (unpaired) electrons. The molecule has 9 heteroatoms. The second-order valence-corrected chi connectivity index (χ2v) is 10.3. The van der Waals surface area contributed by atoms with Crippen molar-refractivity contribution in [1.82, 2.24) is 18.4 Å². The van der Waals surface area contributed by atoms with E-state index >= 15 is 0 Å². The Hall–Kier alpha value is -2.49. The van der Waals surface area contributed by atoms with Crippen molar-refractivity contribution < 1.29 is 8.42 Å². The fourth-order valence-electron chi connectivity index (χ4n) is 4.09. The molecule has 0 amide bonds. The standard InChI is InChI=1S/C20H20N4O3S2/c1-22-15-10-9-13(12-17(15)23(2)20(22)25)29(26,27)24-11-5-7-16(24)19-21-14-6-3-4-8-18(14)28-19/h3-4,6,8-10,12,16H,5,7,11H2,1-2H3. The van der Waals surface area contributed by atoms with E-state index in [9.17, 15) is 13.2 Å². The third kappa shape index (κ3) is 2.76. The topological polar surface area (TPSA) is 77.2 Å². The number of sulfonamides is 1. The number of hydrogen-bond donors (Lipinski definition) is 0. The Balaban J connectivity index is 1.59. The average Bonchev–Trinajstić information content (AvgIpc) is 3.42. The van der Waals surface area contributed by atoms with Crippen LogP contribution in [0.4, 0.5) is 0 Å². The van der Waals surface area contributed by atoms with Gasteiger partial charge in [0.05, 0.1) is 32.2 Å². The first-order chi connectivity index (χ1) is 13.9. The fourth-order valence-corrected chi connectivity index (χ4v) is 6.95. The van der Waals surface area contributed by atoms with Crippen LogP contribution in [0, 0.1) is 0 Å². The monoisotopic (exact) mass is 428 g/mol. The molecule has 0 aliphatic carbocycles. The lowest BCUT2D eigenvalue weighted by molar-refractivity contribution is 0.396. The number of hydrogen-bond acceptors (Lipinski definition) is 5. The van der Waals surface area contributed by atoms with E-state index in [4.69, 9.17) is 4.98 Å². The smallest absolute Gasteiger partial charge is 0.295 e. The molecular formula is C20H20N4O3S2. The number of aromatic nitrogens is 3. The van der Waals surface area contributed by atoms with Crippen molar-refractivity contribution >= 4 is 42.6 Å². The van der Waals surface area contributed by atoms with E-state index in [1.54, 1.807) is 47.9 Å². The van der Waals surface area contributed by atoms with Crippen molar-refractivity contribution in [2.45, 2.75) is 23.8 Å². The molecule has 1 aliphatic heterocycles. The van der Waals surface area contributed by atoms with Crippen molar-refractivity contribution in [3.05, 3.63) is 58.0 Å². The van der Waals surface area contributed by atoms with Crippen LogP contribution in [0.2, 0.25) is 0 Å². The Bertz CT molecular complexity index is 1380. The van der Waals surface area contributed by atoms with E-state index < -0.39 is 10.0 Å². The van der Waals surface area contributed by atoms with Crippen molar-refractivity contribution in [2.75, 3.05) is 6.54 Å². The van der Waals surface area contributed by atoms with Gasteiger partial charge in [0.15, 0.2) is 0 Å². The summed E-state index contributed by atoms with van der Waals surface area (Å²) in [6.45, 7) is 0.467. The van der Waals surface area contributed by atoms with Gasteiger partial charge in [-0.15, -0.1) is 11.3 Å². The van der Waals surface area contributed by atoms with Crippen LogP contribution in [0.3, 0.4) is 0 Å². The van der Waals surface area contributed by atoms with Crippen molar-refractivity contribution in [3.8, 4) is 0 Å². The Morgan fingerprint density at radius 3 is 2.62 bits per heavy atom. The maximum Gasteiger partial charge on any atom is 0.328 e.